The second-order valence-corrected chi connectivity index (χ2v) is 5.99. The molecule has 0 aliphatic heterocycles. The van der Waals surface area contributed by atoms with E-state index in [1.165, 1.54) is 18.2 Å². The number of aliphatic carboxylic acids is 1. The van der Waals surface area contributed by atoms with E-state index in [9.17, 15) is 19.1 Å². The van der Waals surface area contributed by atoms with Gasteiger partial charge in [-0.1, -0.05) is 12.1 Å². The molecule has 0 saturated heterocycles. The van der Waals surface area contributed by atoms with E-state index in [2.05, 4.69) is 5.32 Å². The third kappa shape index (κ3) is 5.31. The maximum absolute atomic E-state index is 13.1. The predicted octanol–water partition coefficient (Wildman–Crippen LogP) is 3.21. The summed E-state index contributed by atoms with van der Waals surface area (Å²) in [6.45, 7) is 4.07. The SMILES string of the molecule is CCOc1ccc(CC(CNC(=O)c2ccc(F)cc2C)C(=O)O)cc1. The first-order chi connectivity index (χ1) is 12.4. The van der Waals surface area contributed by atoms with Crippen molar-refractivity contribution < 1.29 is 23.8 Å². The van der Waals surface area contributed by atoms with Crippen LogP contribution in [0, 0.1) is 18.7 Å². The van der Waals surface area contributed by atoms with Crippen molar-refractivity contribution in [2.75, 3.05) is 13.2 Å². The highest BCUT2D eigenvalue weighted by Gasteiger charge is 2.20. The molecule has 0 fully saturated rings. The molecule has 0 bridgehead atoms. The summed E-state index contributed by atoms with van der Waals surface area (Å²) in [6.07, 6.45) is 0.282. The molecule has 1 atom stereocenters. The summed E-state index contributed by atoms with van der Waals surface area (Å²) in [7, 11) is 0. The van der Waals surface area contributed by atoms with Crippen LogP contribution in [-0.4, -0.2) is 30.1 Å². The first-order valence-corrected chi connectivity index (χ1v) is 8.39. The van der Waals surface area contributed by atoms with Crippen LogP contribution in [0.2, 0.25) is 0 Å². The fraction of sp³-hybridized carbons (Fsp3) is 0.300. The lowest BCUT2D eigenvalue weighted by Gasteiger charge is -2.15. The first kappa shape index (κ1) is 19.4. The molecule has 0 aromatic heterocycles. The molecule has 2 aromatic rings. The molecule has 2 aromatic carbocycles. The number of carbonyl (C=O) groups is 2. The number of halogens is 1. The molecule has 0 aliphatic rings. The number of benzene rings is 2. The largest absolute Gasteiger partial charge is 0.494 e. The molecule has 2 rings (SSSR count). The summed E-state index contributed by atoms with van der Waals surface area (Å²) in [5, 5.41) is 12.0. The molecule has 138 valence electrons. The average molecular weight is 359 g/mol. The van der Waals surface area contributed by atoms with Crippen molar-refractivity contribution in [3.05, 3.63) is 65.0 Å². The maximum atomic E-state index is 13.1. The van der Waals surface area contributed by atoms with Gasteiger partial charge in [-0.2, -0.15) is 0 Å². The van der Waals surface area contributed by atoms with Gasteiger partial charge in [-0.05, 0) is 61.7 Å². The summed E-state index contributed by atoms with van der Waals surface area (Å²) in [6, 6.07) is 11.1. The number of hydrogen-bond acceptors (Lipinski definition) is 3. The van der Waals surface area contributed by atoms with Gasteiger partial charge in [0.05, 0.1) is 12.5 Å². The van der Waals surface area contributed by atoms with Crippen molar-refractivity contribution in [2.45, 2.75) is 20.3 Å². The van der Waals surface area contributed by atoms with Crippen molar-refractivity contribution in [3.8, 4) is 5.75 Å². The fourth-order valence-electron chi connectivity index (χ4n) is 2.61. The molecular weight excluding hydrogens is 337 g/mol. The number of hydrogen-bond donors (Lipinski definition) is 2. The van der Waals surface area contributed by atoms with Crippen LogP contribution in [0.5, 0.6) is 5.75 Å². The average Bonchev–Trinajstić information content (AvgIpc) is 2.59. The Morgan fingerprint density at radius 2 is 1.88 bits per heavy atom. The van der Waals surface area contributed by atoms with Crippen molar-refractivity contribution >= 4 is 11.9 Å². The summed E-state index contributed by atoms with van der Waals surface area (Å²) < 4.78 is 18.5. The summed E-state index contributed by atoms with van der Waals surface area (Å²) >= 11 is 0. The van der Waals surface area contributed by atoms with Gasteiger partial charge in [-0.25, -0.2) is 4.39 Å². The van der Waals surface area contributed by atoms with Crippen LogP contribution in [0.1, 0.15) is 28.4 Å². The van der Waals surface area contributed by atoms with Gasteiger partial charge in [0.1, 0.15) is 11.6 Å². The molecule has 0 spiro atoms. The second kappa shape index (κ2) is 8.99. The topological polar surface area (TPSA) is 75.6 Å². The predicted molar refractivity (Wildman–Crippen MR) is 95.9 cm³/mol. The Hall–Kier alpha value is -2.89. The Kier molecular flexibility index (Phi) is 6.72. The number of amides is 1. The molecule has 6 heteroatoms. The Morgan fingerprint density at radius 1 is 1.19 bits per heavy atom. The van der Waals surface area contributed by atoms with Crippen LogP contribution < -0.4 is 10.1 Å². The van der Waals surface area contributed by atoms with Gasteiger partial charge in [-0.3, -0.25) is 9.59 Å². The summed E-state index contributed by atoms with van der Waals surface area (Å²) in [5.74, 6) is -1.87. The minimum absolute atomic E-state index is 0.0157. The number of aryl methyl sites for hydroxylation is 1. The standard InChI is InChI=1S/C20H22FNO4/c1-3-26-17-7-4-14(5-8-17)11-15(20(24)25)12-22-19(23)18-9-6-16(21)10-13(18)2/h4-10,15H,3,11-12H2,1-2H3,(H,22,23)(H,24,25). The lowest BCUT2D eigenvalue weighted by atomic mass is 9.99. The number of carbonyl (C=O) groups excluding carboxylic acids is 1. The second-order valence-electron chi connectivity index (χ2n) is 5.99. The van der Waals surface area contributed by atoms with Crippen LogP contribution in [0.3, 0.4) is 0 Å². The number of rotatable bonds is 8. The molecule has 0 radical (unpaired) electrons. The molecule has 0 heterocycles. The Labute approximate surface area is 151 Å². The van der Waals surface area contributed by atoms with Gasteiger partial charge in [-0.15, -0.1) is 0 Å². The van der Waals surface area contributed by atoms with E-state index in [-0.39, 0.29) is 13.0 Å². The number of nitrogens with one attached hydrogen (secondary N) is 1. The zero-order valence-corrected chi connectivity index (χ0v) is 14.8. The zero-order chi connectivity index (χ0) is 19.1. The number of ether oxygens (including phenoxy) is 1. The van der Waals surface area contributed by atoms with E-state index in [1.54, 1.807) is 19.1 Å². The molecule has 0 saturated carbocycles. The summed E-state index contributed by atoms with van der Waals surface area (Å²) in [4.78, 5) is 23.7. The van der Waals surface area contributed by atoms with E-state index >= 15 is 0 Å². The third-order valence-corrected chi connectivity index (χ3v) is 4.01. The molecular formula is C20H22FNO4. The number of carboxylic acids is 1. The fourth-order valence-corrected chi connectivity index (χ4v) is 2.61. The molecule has 0 aliphatic carbocycles. The minimum atomic E-state index is -0.991. The highest BCUT2D eigenvalue weighted by atomic mass is 19.1. The van der Waals surface area contributed by atoms with E-state index in [0.29, 0.717) is 17.7 Å². The Balaban J connectivity index is 1.99. The first-order valence-electron chi connectivity index (χ1n) is 8.39. The van der Waals surface area contributed by atoms with Crippen LogP contribution in [0.25, 0.3) is 0 Å². The monoisotopic (exact) mass is 359 g/mol. The minimum Gasteiger partial charge on any atom is -0.494 e. The van der Waals surface area contributed by atoms with Crippen LogP contribution in [-0.2, 0) is 11.2 Å². The van der Waals surface area contributed by atoms with Crippen molar-refractivity contribution in [1.29, 1.82) is 0 Å². The van der Waals surface area contributed by atoms with Crippen LogP contribution >= 0.6 is 0 Å². The van der Waals surface area contributed by atoms with Gasteiger partial charge >= 0.3 is 5.97 Å². The van der Waals surface area contributed by atoms with Gasteiger partial charge in [0.25, 0.3) is 5.91 Å². The zero-order valence-electron chi connectivity index (χ0n) is 14.8. The highest BCUT2D eigenvalue weighted by Crippen LogP contribution is 2.16. The van der Waals surface area contributed by atoms with Crippen LogP contribution in [0.15, 0.2) is 42.5 Å². The Bertz CT molecular complexity index is 774. The van der Waals surface area contributed by atoms with E-state index in [4.69, 9.17) is 4.74 Å². The van der Waals surface area contributed by atoms with Crippen molar-refractivity contribution in [1.82, 2.24) is 5.32 Å². The van der Waals surface area contributed by atoms with Crippen LogP contribution in [0.4, 0.5) is 4.39 Å². The Morgan fingerprint density at radius 3 is 2.46 bits per heavy atom. The molecule has 1 amide bonds. The number of carboxylic acid groups (broad SMARTS) is 1. The van der Waals surface area contributed by atoms with E-state index in [1.807, 2.05) is 19.1 Å². The smallest absolute Gasteiger partial charge is 0.308 e. The summed E-state index contributed by atoms with van der Waals surface area (Å²) in [5.41, 5.74) is 1.67. The molecule has 5 nitrogen and oxygen atoms in total. The van der Waals surface area contributed by atoms with E-state index in [0.717, 1.165) is 11.3 Å². The lowest BCUT2D eigenvalue weighted by Crippen LogP contribution is -2.34. The van der Waals surface area contributed by atoms with Gasteiger partial charge in [0, 0.05) is 12.1 Å². The molecule has 26 heavy (non-hydrogen) atoms. The molecule has 1 unspecified atom stereocenters. The highest BCUT2D eigenvalue weighted by molar-refractivity contribution is 5.95. The third-order valence-electron chi connectivity index (χ3n) is 4.01. The molecule has 2 N–H and O–H groups in total. The normalized spacial score (nSPS) is 11.7. The lowest BCUT2D eigenvalue weighted by molar-refractivity contribution is -0.141. The van der Waals surface area contributed by atoms with Gasteiger partial charge in [0.2, 0.25) is 0 Å². The van der Waals surface area contributed by atoms with E-state index < -0.39 is 23.6 Å². The van der Waals surface area contributed by atoms with Gasteiger partial charge in [0.15, 0.2) is 0 Å². The maximum Gasteiger partial charge on any atom is 0.308 e. The van der Waals surface area contributed by atoms with Gasteiger partial charge < -0.3 is 15.2 Å². The quantitative estimate of drug-likeness (QED) is 0.759. The van der Waals surface area contributed by atoms with Crippen molar-refractivity contribution in [3.63, 3.8) is 0 Å². The van der Waals surface area contributed by atoms with Crippen molar-refractivity contribution in [2.24, 2.45) is 5.92 Å².